The summed E-state index contributed by atoms with van der Waals surface area (Å²) in [6, 6.07) is 3.71. The van der Waals surface area contributed by atoms with Crippen molar-refractivity contribution in [2.45, 2.75) is 12.2 Å². The van der Waals surface area contributed by atoms with Crippen LogP contribution in [0.4, 0.5) is 15.8 Å². The zero-order chi connectivity index (χ0) is 13.2. The second kappa shape index (κ2) is 4.70. The summed E-state index contributed by atoms with van der Waals surface area (Å²) in [5, 5.41) is 1.11. The van der Waals surface area contributed by atoms with E-state index in [-0.39, 0.29) is 11.4 Å². The predicted molar refractivity (Wildman–Crippen MR) is 63.7 cm³/mol. The molecule has 0 radical (unpaired) electrons. The van der Waals surface area contributed by atoms with Gasteiger partial charge in [-0.1, -0.05) is 0 Å². The van der Waals surface area contributed by atoms with Gasteiger partial charge in [-0.05, 0) is 25.1 Å². The third kappa shape index (κ3) is 3.42. The third-order valence-corrected chi connectivity index (χ3v) is 3.78. The van der Waals surface area contributed by atoms with Gasteiger partial charge in [0.1, 0.15) is 11.1 Å². The van der Waals surface area contributed by atoms with Crippen molar-refractivity contribution >= 4 is 27.1 Å². The second-order valence-electron chi connectivity index (χ2n) is 3.70. The fourth-order valence-corrected chi connectivity index (χ4v) is 1.49. The van der Waals surface area contributed by atoms with Gasteiger partial charge in [0.15, 0.2) is 9.84 Å². The summed E-state index contributed by atoms with van der Waals surface area (Å²) in [5.41, 5.74) is 5.39. The van der Waals surface area contributed by atoms with Crippen LogP contribution in [0.25, 0.3) is 0 Å². The first-order chi connectivity index (χ1) is 7.71. The van der Waals surface area contributed by atoms with Crippen molar-refractivity contribution < 1.29 is 17.6 Å². The van der Waals surface area contributed by atoms with E-state index in [0.29, 0.717) is 0 Å². The van der Waals surface area contributed by atoms with Gasteiger partial charge in [-0.15, -0.1) is 0 Å². The van der Waals surface area contributed by atoms with Crippen LogP contribution in [0.1, 0.15) is 6.92 Å². The first-order valence-corrected chi connectivity index (χ1v) is 6.72. The zero-order valence-electron chi connectivity index (χ0n) is 9.40. The van der Waals surface area contributed by atoms with E-state index in [9.17, 15) is 17.6 Å². The van der Waals surface area contributed by atoms with Crippen LogP contribution >= 0.6 is 0 Å². The molecule has 1 unspecified atom stereocenters. The molecule has 7 heteroatoms. The minimum Gasteiger partial charge on any atom is -0.396 e. The molecule has 1 rings (SSSR count). The van der Waals surface area contributed by atoms with Gasteiger partial charge >= 0.3 is 0 Å². The Hall–Kier alpha value is -1.63. The number of nitrogens with one attached hydrogen (secondary N) is 1. The molecule has 0 aromatic heterocycles. The lowest BCUT2D eigenvalue weighted by Crippen LogP contribution is -2.31. The highest BCUT2D eigenvalue weighted by Crippen LogP contribution is 2.16. The smallest absolute Gasteiger partial charge is 0.242 e. The van der Waals surface area contributed by atoms with Crippen LogP contribution in [0.15, 0.2) is 18.2 Å². The number of carbonyl (C=O) groups excluding carboxylic acids is 1. The minimum absolute atomic E-state index is 0.0424. The van der Waals surface area contributed by atoms with Crippen LogP contribution < -0.4 is 11.1 Å². The summed E-state index contributed by atoms with van der Waals surface area (Å²) < 4.78 is 35.3. The predicted octanol–water partition coefficient (Wildman–Crippen LogP) is 0.780. The highest BCUT2D eigenvalue weighted by molar-refractivity contribution is 7.92. The largest absolute Gasteiger partial charge is 0.396 e. The number of nitrogen functional groups attached to an aromatic ring is 1. The molecule has 1 aromatic rings. The molecule has 0 aliphatic heterocycles. The van der Waals surface area contributed by atoms with Crippen LogP contribution in [0, 0.1) is 5.82 Å². The van der Waals surface area contributed by atoms with Gasteiger partial charge in [0.2, 0.25) is 5.91 Å². The first-order valence-electron chi connectivity index (χ1n) is 4.76. The average molecular weight is 260 g/mol. The molecular weight excluding hydrogens is 247 g/mol. The lowest BCUT2D eigenvalue weighted by Gasteiger charge is -2.10. The van der Waals surface area contributed by atoms with Crippen molar-refractivity contribution in [2.24, 2.45) is 0 Å². The Morgan fingerprint density at radius 1 is 1.47 bits per heavy atom. The Morgan fingerprint density at radius 2 is 2.06 bits per heavy atom. The number of halogens is 1. The fourth-order valence-electron chi connectivity index (χ4n) is 1.04. The number of carbonyl (C=O) groups is 1. The van der Waals surface area contributed by atoms with Crippen molar-refractivity contribution in [1.82, 2.24) is 0 Å². The summed E-state index contributed by atoms with van der Waals surface area (Å²) in [6.45, 7) is 1.26. The van der Waals surface area contributed by atoms with Gasteiger partial charge in [0, 0.05) is 11.9 Å². The summed E-state index contributed by atoms with van der Waals surface area (Å²) in [6.07, 6.45) is 0.959. The number of rotatable bonds is 3. The molecule has 17 heavy (non-hydrogen) atoms. The van der Waals surface area contributed by atoms with Crippen LogP contribution in [0.3, 0.4) is 0 Å². The van der Waals surface area contributed by atoms with Crippen LogP contribution in [0.2, 0.25) is 0 Å². The molecule has 0 aliphatic rings. The van der Waals surface area contributed by atoms with Crippen molar-refractivity contribution in [3.63, 3.8) is 0 Å². The standard InChI is InChI=1S/C10H13FN2O3S/c1-6(17(2,15)16)10(14)13-7-3-4-9(12)8(11)5-7/h3-6H,12H2,1-2H3,(H,13,14). The number of benzene rings is 1. The topological polar surface area (TPSA) is 89.3 Å². The number of nitrogens with two attached hydrogens (primary N) is 1. The van der Waals surface area contributed by atoms with E-state index in [4.69, 9.17) is 5.73 Å². The van der Waals surface area contributed by atoms with E-state index in [0.717, 1.165) is 12.3 Å². The van der Waals surface area contributed by atoms with Crippen molar-refractivity contribution in [3.8, 4) is 0 Å². The lowest BCUT2D eigenvalue weighted by atomic mass is 10.2. The number of hydrogen-bond acceptors (Lipinski definition) is 4. The van der Waals surface area contributed by atoms with Gasteiger partial charge in [0.05, 0.1) is 5.69 Å². The SMILES string of the molecule is CC(C(=O)Nc1ccc(N)c(F)c1)S(C)(=O)=O. The molecule has 0 aliphatic carbocycles. The molecule has 0 spiro atoms. The summed E-state index contributed by atoms with van der Waals surface area (Å²) in [5.74, 6) is -1.38. The Labute approximate surface area is 98.7 Å². The summed E-state index contributed by atoms with van der Waals surface area (Å²) in [7, 11) is -3.47. The van der Waals surface area contributed by atoms with E-state index in [1.807, 2.05) is 0 Å². The Morgan fingerprint density at radius 3 is 2.53 bits per heavy atom. The Balaban J connectivity index is 2.85. The van der Waals surface area contributed by atoms with E-state index in [1.165, 1.54) is 19.1 Å². The molecule has 1 atom stereocenters. The third-order valence-electron chi connectivity index (χ3n) is 2.28. The maximum atomic E-state index is 13.1. The van der Waals surface area contributed by atoms with Crippen LogP contribution in [-0.2, 0) is 14.6 Å². The van der Waals surface area contributed by atoms with Crippen molar-refractivity contribution in [1.29, 1.82) is 0 Å². The van der Waals surface area contributed by atoms with Crippen LogP contribution in [0.5, 0.6) is 0 Å². The molecule has 1 amide bonds. The number of anilines is 2. The van der Waals surface area contributed by atoms with E-state index >= 15 is 0 Å². The molecule has 94 valence electrons. The minimum atomic E-state index is -3.47. The molecule has 0 fully saturated rings. The Bertz CT molecular complexity index is 542. The highest BCUT2D eigenvalue weighted by Gasteiger charge is 2.23. The maximum absolute atomic E-state index is 13.1. The second-order valence-corrected chi connectivity index (χ2v) is 6.06. The fraction of sp³-hybridized carbons (Fsp3) is 0.300. The molecule has 3 N–H and O–H groups in total. The molecule has 0 bridgehead atoms. The normalized spacial score (nSPS) is 13.1. The van der Waals surface area contributed by atoms with Gasteiger partial charge in [-0.2, -0.15) is 0 Å². The molecular formula is C10H13FN2O3S. The summed E-state index contributed by atoms with van der Waals surface area (Å²) in [4.78, 5) is 11.5. The van der Waals surface area contributed by atoms with Crippen molar-refractivity contribution in [2.75, 3.05) is 17.3 Å². The molecule has 0 saturated heterocycles. The van der Waals surface area contributed by atoms with E-state index in [2.05, 4.69) is 5.32 Å². The molecule has 5 nitrogen and oxygen atoms in total. The van der Waals surface area contributed by atoms with Crippen molar-refractivity contribution in [3.05, 3.63) is 24.0 Å². The molecule has 0 saturated carbocycles. The van der Waals surface area contributed by atoms with Gasteiger partial charge in [0.25, 0.3) is 0 Å². The highest BCUT2D eigenvalue weighted by atomic mass is 32.2. The number of amides is 1. The average Bonchev–Trinajstić information content (AvgIpc) is 2.21. The first kappa shape index (κ1) is 13.4. The van der Waals surface area contributed by atoms with Gasteiger partial charge in [-0.25, -0.2) is 12.8 Å². The quantitative estimate of drug-likeness (QED) is 0.786. The number of sulfone groups is 1. The summed E-state index contributed by atoms with van der Waals surface area (Å²) >= 11 is 0. The van der Waals surface area contributed by atoms with Crippen LogP contribution in [-0.4, -0.2) is 25.8 Å². The lowest BCUT2D eigenvalue weighted by molar-refractivity contribution is -0.115. The monoisotopic (exact) mass is 260 g/mol. The van der Waals surface area contributed by atoms with Gasteiger partial charge in [-0.3, -0.25) is 4.79 Å². The zero-order valence-corrected chi connectivity index (χ0v) is 10.2. The van der Waals surface area contributed by atoms with Gasteiger partial charge < -0.3 is 11.1 Å². The maximum Gasteiger partial charge on any atom is 0.242 e. The van der Waals surface area contributed by atoms with E-state index < -0.39 is 26.8 Å². The Kier molecular flexibility index (Phi) is 3.72. The molecule has 1 aromatic carbocycles. The number of hydrogen-bond donors (Lipinski definition) is 2. The molecule has 0 heterocycles. The van der Waals surface area contributed by atoms with E-state index in [1.54, 1.807) is 0 Å².